The first-order valence-corrected chi connectivity index (χ1v) is 18.2. The largest absolute Gasteiger partial charge is 0.453 e. The number of nitrogens with zero attached hydrogens (tertiary/aromatic N) is 6. The summed E-state index contributed by atoms with van der Waals surface area (Å²) in [6, 6.07) is 16.1. The average Bonchev–Trinajstić information content (AvgIpc) is 3.58. The average molecular weight is 705 g/mol. The van der Waals surface area contributed by atoms with Crippen LogP contribution in [0.2, 0.25) is 0 Å². The van der Waals surface area contributed by atoms with Gasteiger partial charge >= 0.3 is 10.2 Å². The Kier molecular flexibility index (Phi) is 9.69. The van der Waals surface area contributed by atoms with E-state index in [1.54, 1.807) is 12.1 Å². The molecule has 2 N–H and O–H groups in total. The van der Waals surface area contributed by atoms with Crippen LogP contribution in [0.5, 0.6) is 11.5 Å². The third kappa shape index (κ3) is 7.15. The number of piperidine rings is 1. The lowest BCUT2D eigenvalue weighted by atomic mass is 9.95. The molecule has 262 valence electrons. The van der Waals surface area contributed by atoms with E-state index in [9.17, 15) is 22.9 Å². The van der Waals surface area contributed by atoms with E-state index in [-0.39, 0.29) is 41.9 Å². The SMILES string of the molecule is N#Cc1c(NS(=O)(=O)N2CC[C@@H](F)C2)ccc(F)c1Oc1ccc2ncn(-c3ccc(N4CCC(CN5CCNCC5)CC4)cc3)c(=O)c2c1. The zero-order valence-electron chi connectivity index (χ0n) is 27.4. The minimum Gasteiger partial charge on any atom is -0.453 e. The number of nitrogens with one attached hydrogen (secondary N) is 2. The van der Waals surface area contributed by atoms with Crippen LogP contribution in [0.25, 0.3) is 16.6 Å². The van der Waals surface area contributed by atoms with Crippen molar-refractivity contribution in [1.29, 1.82) is 5.26 Å². The fraction of sp³-hybridized carbons (Fsp3) is 0.400. The highest BCUT2D eigenvalue weighted by molar-refractivity contribution is 7.90. The lowest BCUT2D eigenvalue weighted by Crippen LogP contribution is -2.46. The zero-order valence-corrected chi connectivity index (χ0v) is 28.2. The molecule has 0 amide bonds. The molecule has 0 saturated carbocycles. The van der Waals surface area contributed by atoms with Gasteiger partial charge in [0.15, 0.2) is 11.6 Å². The summed E-state index contributed by atoms with van der Waals surface area (Å²) in [6.45, 7) is 7.14. The maximum atomic E-state index is 15.0. The Balaban J connectivity index is 1.07. The summed E-state index contributed by atoms with van der Waals surface area (Å²) in [7, 11) is -4.21. The number of ether oxygens (including phenoxy) is 1. The van der Waals surface area contributed by atoms with Gasteiger partial charge in [0, 0.05) is 64.6 Å². The van der Waals surface area contributed by atoms with Crippen molar-refractivity contribution in [3.05, 3.63) is 82.7 Å². The van der Waals surface area contributed by atoms with Gasteiger partial charge in [-0.05, 0) is 79.8 Å². The number of anilines is 2. The molecule has 1 atom stereocenters. The predicted molar refractivity (Wildman–Crippen MR) is 186 cm³/mol. The van der Waals surface area contributed by atoms with Crippen LogP contribution in [0, 0.1) is 23.1 Å². The molecule has 0 spiro atoms. The van der Waals surface area contributed by atoms with Crippen molar-refractivity contribution in [2.75, 3.05) is 68.5 Å². The van der Waals surface area contributed by atoms with Crippen LogP contribution in [0.15, 0.2) is 65.7 Å². The van der Waals surface area contributed by atoms with Gasteiger partial charge in [-0.3, -0.25) is 14.1 Å². The quantitative estimate of drug-likeness (QED) is 0.265. The highest BCUT2D eigenvalue weighted by atomic mass is 32.2. The van der Waals surface area contributed by atoms with Crippen molar-refractivity contribution < 1.29 is 21.9 Å². The number of fused-ring (bicyclic) bond motifs is 1. The van der Waals surface area contributed by atoms with Crippen molar-refractivity contribution in [2.24, 2.45) is 5.92 Å². The van der Waals surface area contributed by atoms with Gasteiger partial charge < -0.3 is 19.9 Å². The van der Waals surface area contributed by atoms with E-state index < -0.39 is 33.5 Å². The molecule has 4 aromatic rings. The molecule has 0 aliphatic carbocycles. The monoisotopic (exact) mass is 704 g/mol. The topological polar surface area (TPSA) is 136 Å². The van der Waals surface area contributed by atoms with Crippen LogP contribution in [0.1, 0.15) is 24.8 Å². The summed E-state index contributed by atoms with van der Waals surface area (Å²) in [6.07, 6.45) is 2.51. The van der Waals surface area contributed by atoms with Crippen molar-refractivity contribution in [3.63, 3.8) is 0 Å². The third-order valence-corrected chi connectivity index (χ3v) is 11.2. The van der Waals surface area contributed by atoms with Crippen molar-refractivity contribution in [1.82, 2.24) is 24.1 Å². The van der Waals surface area contributed by atoms with E-state index in [0.29, 0.717) is 17.1 Å². The summed E-state index contributed by atoms with van der Waals surface area (Å²) in [4.78, 5) is 23.1. The number of piperazine rings is 1. The van der Waals surface area contributed by atoms with Crippen LogP contribution in [0.3, 0.4) is 0 Å². The number of alkyl halides is 1. The summed E-state index contributed by atoms with van der Waals surface area (Å²) < 4.78 is 64.8. The number of halogens is 2. The molecular weight excluding hydrogens is 666 g/mol. The van der Waals surface area contributed by atoms with E-state index in [4.69, 9.17) is 4.74 Å². The lowest BCUT2D eigenvalue weighted by Gasteiger charge is -2.37. The van der Waals surface area contributed by atoms with Crippen molar-refractivity contribution >= 4 is 32.5 Å². The molecule has 12 nitrogen and oxygen atoms in total. The van der Waals surface area contributed by atoms with E-state index >= 15 is 4.39 Å². The van der Waals surface area contributed by atoms with E-state index in [1.165, 1.54) is 23.0 Å². The van der Waals surface area contributed by atoms with Gasteiger partial charge in [-0.1, -0.05) is 0 Å². The molecule has 0 unspecified atom stereocenters. The molecule has 15 heteroatoms. The first-order valence-electron chi connectivity index (χ1n) is 16.8. The van der Waals surface area contributed by atoms with Crippen LogP contribution in [-0.2, 0) is 10.2 Å². The molecule has 3 fully saturated rings. The molecule has 0 bridgehead atoms. The van der Waals surface area contributed by atoms with Gasteiger partial charge in [0.05, 0.1) is 22.3 Å². The first kappa shape index (κ1) is 33.9. The molecule has 3 aliphatic heterocycles. The Labute approximate surface area is 289 Å². The number of rotatable bonds is 9. The van der Waals surface area contributed by atoms with E-state index in [1.807, 2.05) is 24.3 Å². The van der Waals surface area contributed by atoms with E-state index in [2.05, 4.69) is 24.8 Å². The summed E-state index contributed by atoms with van der Waals surface area (Å²) in [5, 5.41) is 13.5. The Bertz CT molecular complexity index is 2080. The van der Waals surface area contributed by atoms with Gasteiger partial charge in [-0.2, -0.15) is 18.0 Å². The zero-order chi connectivity index (χ0) is 34.8. The second-order valence-corrected chi connectivity index (χ2v) is 14.6. The summed E-state index contributed by atoms with van der Waals surface area (Å²) >= 11 is 0. The Morgan fingerprint density at radius 1 is 0.980 bits per heavy atom. The number of hydrogen-bond donors (Lipinski definition) is 2. The van der Waals surface area contributed by atoms with Gasteiger partial charge in [0.25, 0.3) is 5.56 Å². The number of benzene rings is 3. The lowest BCUT2D eigenvalue weighted by molar-refractivity contribution is 0.190. The summed E-state index contributed by atoms with van der Waals surface area (Å²) in [5.74, 6) is -0.697. The van der Waals surface area contributed by atoms with Gasteiger partial charge in [0.2, 0.25) is 0 Å². The Morgan fingerprint density at radius 3 is 2.42 bits per heavy atom. The predicted octanol–water partition coefficient (Wildman–Crippen LogP) is 4.01. The van der Waals surface area contributed by atoms with Crippen LogP contribution in [0.4, 0.5) is 20.2 Å². The highest BCUT2D eigenvalue weighted by Gasteiger charge is 2.32. The normalized spacial score (nSPS) is 19.5. The van der Waals surface area contributed by atoms with Gasteiger partial charge in [-0.15, -0.1) is 0 Å². The van der Waals surface area contributed by atoms with Gasteiger partial charge in [-0.25, -0.2) is 13.8 Å². The second-order valence-electron chi connectivity index (χ2n) is 13.0. The summed E-state index contributed by atoms with van der Waals surface area (Å²) in [5.41, 5.74) is 1.11. The maximum Gasteiger partial charge on any atom is 0.301 e. The number of hydrogen-bond acceptors (Lipinski definition) is 9. The van der Waals surface area contributed by atoms with Crippen LogP contribution >= 0.6 is 0 Å². The van der Waals surface area contributed by atoms with Crippen molar-refractivity contribution in [3.8, 4) is 23.3 Å². The van der Waals surface area contributed by atoms with E-state index in [0.717, 1.165) is 80.8 Å². The standard InChI is InChI=1S/C35H38F2N8O4S/c36-25-11-16-44(22-25)50(47,48)41-33-8-6-31(37)34(30(33)20-38)49-28-5-7-32-29(19-28)35(46)45(23-40-32)27-3-1-26(2-4-27)43-14-9-24(10-15-43)21-42-17-12-39-13-18-42/h1-8,19,23-25,39,41H,9-18,21-22H2/t25-/m1/s1. The first-order chi connectivity index (χ1) is 24.2. The molecule has 4 heterocycles. The molecule has 3 saturated heterocycles. The van der Waals surface area contributed by atoms with Gasteiger partial charge in [0.1, 0.15) is 29.9 Å². The molecule has 3 aromatic carbocycles. The smallest absolute Gasteiger partial charge is 0.301 e. The molecule has 7 rings (SSSR count). The Morgan fingerprint density at radius 2 is 1.72 bits per heavy atom. The number of nitriles is 1. The minimum atomic E-state index is -4.21. The van der Waals surface area contributed by atoms with Crippen LogP contribution in [-0.4, -0.2) is 92.2 Å². The molecule has 0 radical (unpaired) electrons. The fourth-order valence-electron chi connectivity index (χ4n) is 6.89. The maximum absolute atomic E-state index is 15.0. The number of aromatic nitrogens is 2. The molecule has 1 aromatic heterocycles. The highest BCUT2D eigenvalue weighted by Crippen LogP contribution is 2.35. The molecule has 3 aliphatic rings. The molecule has 50 heavy (non-hydrogen) atoms. The van der Waals surface area contributed by atoms with Crippen molar-refractivity contribution in [2.45, 2.75) is 25.4 Å². The molecular formula is C35H38F2N8O4S. The minimum absolute atomic E-state index is 0.0217. The van der Waals surface area contributed by atoms with Crippen LogP contribution < -0.4 is 25.2 Å². The Hall–Kier alpha value is -4.62. The second kappa shape index (κ2) is 14.3. The third-order valence-electron chi connectivity index (χ3n) is 9.68. The fourth-order valence-corrected chi connectivity index (χ4v) is 8.17.